The van der Waals surface area contributed by atoms with Crippen LogP contribution in [-0.2, 0) is 16.0 Å². The first-order chi connectivity index (χ1) is 11.5. The molecule has 1 saturated carbocycles. The van der Waals surface area contributed by atoms with Crippen molar-refractivity contribution in [1.82, 2.24) is 4.90 Å². The molecule has 3 atom stereocenters. The topological polar surface area (TPSA) is 66.8 Å². The number of likely N-dealkylation sites (tertiary alicyclic amines) is 1. The lowest BCUT2D eigenvalue weighted by molar-refractivity contribution is -0.149. The van der Waals surface area contributed by atoms with E-state index in [1.54, 1.807) is 4.90 Å². The smallest absolute Gasteiger partial charge is 0.326 e. The largest absolute Gasteiger partial charge is 0.491 e. The Bertz CT molecular complexity index is 628. The van der Waals surface area contributed by atoms with E-state index in [9.17, 15) is 14.7 Å². The number of hydrogen-bond donors (Lipinski definition) is 1. The van der Waals surface area contributed by atoms with Gasteiger partial charge in [0.15, 0.2) is 0 Å². The van der Waals surface area contributed by atoms with E-state index in [1.807, 2.05) is 38.1 Å². The van der Waals surface area contributed by atoms with Crippen LogP contribution in [0.1, 0.15) is 38.7 Å². The molecule has 1 heterocycles. The molecule has 1 amide bonds. The molecule has 1 aliphatic carbocycles. The fraction of sp³-hybridized carbons (Fsp3) is 0.579. The zero-order valence-electron chi connectivity index (χ0n) is 14.3. The normalized spacial score (nSPS) is 25.8. The van der Waals surface area contributed by atoms with E-state index in [0.717, 1.165) is 30.6 Å². The van der Waals surface area contributed by atoms with Crippen LogP contribution in [0, 0.1) is 11.8 Å². The summed E-state index contributed by atoms with van der Waals surface area (Å²) in [4.78, 5) is 26.0. The third kappa shape index (κ3) is 3.40. The second kappa shape index (κ2) is 6.83. The second-order valence-electron chi connectivity index (χ2n) is 7.17. The Labute approximate surface area is 142 Å². The van der Waals surface area contributed by atoms with E-state index in [1.165, 1.54) is 0 Å². The average molecular weight is 331 g/mol. The molecule has 0 bridgehead atoms. The van der Waals surface area contributed by atoms with Gasteiger partial charge in [-0.1, -0.05) is 18.6 Å². The summed E-state index contributed by atoms with van der Waals surface area (Å²) in [7, 11) is 0. The number of carboxylic acid groups (broad SMARTS) is 1. The number of ether oxygens (including phenoxy) is 1. The molecule has 0 aromatic heterocycles. The predicted octanol–water partition coefficient (Wildman–Crippen LogP) is 2.73. The molecule has 0 spiro atoms. The second-order valence-corrected chi connectivity index (χ2v) is 7.17. The molecule has 3 rings (SSSR count). The van der Waals surface area contributed by atoms with E-state index in [2.05, 4.69) is 0 Å². The lowest BCUT2D eigenvalue weighted by Gasteiger charge is -2.24. The van der Waals surface area contributed by atoms with Gasteiger partial charge in [0.25, 0.3) is 0 Å². The van der Waals surface area contributed by atoms with Crippen LogP contribution >= 0.6 is 0 Å². The molecule has 0 radical (unpaired) electrons. The molecule has 1 aromatic carbocycles. The van der Waals surface area contributed by atoms with E-state index in [4.69, 9.17) is 4.74 Å². The maximum absolute atomic E-state index is 12.7. The quantitative estimate of drug-likeness (QED) is 0.901. The molecule has 2 aliphatic rings. The number of carboxylic acids is 1. The summed E-state index contributed by atoms with van der Waals surface area (Å²) in [5.41, 5.74) is 0.861. The van der Waals surface area contributed by atoms with Crippen LogP contribution in [0.25, 0.3) is 0 Å². The highest BCUT2D eigenvalue weighted by Gasteiger charge is 2.49. The first-order valence-corrected chi connectivity index (χ1v) is 8.73. The molecule has 5 nitrogen and oxygen atoms in total. The zero-order valence-corrected chi connectivity index (χ0v) is 14.3. The van der Waals surface area contributed by atoms with Crippen LogP contribution in [0.3, 0.4) is 0 Å². The van der Waals surface area contributed by atoms with Crippen LogP contribution in [-0.4, -0.2) is 40.6 Å². The molecule has 1 N–H and O–H groups in total. The van der Waals surface area contributed by atoms with Crippen molar-refractivity contribution < 1.29 is 19.4 Å². The van der Waals surface area contributed by atoms with Gasteiger partial charge in [-0.3, -0.25) is 4.79 Å². The van der Waals surface area contributed by atoms with Crippen LogP contribution in [0.15, 0.2) is 24.3 Å². The van der Waals surface area contributed by atoms with E-state index >= 15 is 0 Å². The number of carbonyl (C=O) groups excluding carboxylic acids is 1. The molecule has 130 valence electrons. The SMILES string of the molecule is CC(C)Oc1cccc(CC(=O)N2CC3CCCC3C2C(=O)O)c1. The van der Waals surface area contributed by atoms with Gasteiger partial charge in [0.05, 0.1) is 12.5 Å². The number of carbonyl (C=O) groups is 2. The third-order valence-electron chi connectivity index (χ3n) is 5.09. The number of amides is 1. The van der Waals surface area contributed by atoms with Gasteiger partial charge in [-0.15, -0.1) is 0 Å². The molecule has 24 heavy (non-hydrogen) atoms. The molecule has 1 saturated heterocycles. The van der Waals surface area contributed by atoms with Crippen LogP contribution in [0.2, 0.25) is 0 Å². The van der Waals surface area contributed by atoms with Gasteiger partial charge in [0, 0.05) is 6.54 Å². The molecular weight excluding hydrogens is 306 g/mol. The number of fused-ring (bicyclic) bond motifs is 1. The zero-order chi connectivity index (χ0) is 17.3. The number of nitrogens with zero attached hydrogens (tertiary/aromatic N) is 1. The monoisotopic (exact) mass is 331 g/mol. The molecular formula is C19H25NO4. The summed E-state index contributed by atoms with van der Waals surface area (Å²) < 4.78 is 5.66. The summed E-state index contributed by atoms with van der Waals surface area (Å²) in [6.45, 7) is 4.50. The summed E-state index contributed by atoms with van der Waals surface area (Å²) >= 11 is 0. The van der Waals surface area contributed by atoms with Crippen LogP contribution < -0.4 is 4.74 Å². The Morgan fingerprint density at radius 3 is 2.83 bits per heavy atom. The number of benzene rings is 1. The average Bonchev–Trinajstić information content (AvgIpc) is 3.06. The first kappa shape index (κ1) is 16.8. The first-order valence-electron chi connectivity index (χ1n) is 8.73. The standard InChI is InChI=1S/C19H25NO4/c1-12(2)24-15-7-3-5-13(9-15)10-17(21)20-11-14-6-4-8-16(14)18(20)19(22)23/h3,5,7,9,12,14,16,18H,4,6,8,10-11H2,1-2H3,(H,22,23). The summed E-state index contributed by atoms with van der Waals surface area (Å²) in [5, 5.41) is 9.58. The Hall–Kier alpha value is -2.04. The minimum Gasteiger partial charge on any atom is -0.491 e. The van der Waals surface area contributed by atoms with Gasteiger partial charge >= 0.3 is 5.97 Å². The maximum Gasteiger partial charge on any atom is 0.326 e. The lowest BCUT2D eigenvalue weighted by atomic mass is 9.94. The Morgan fingerprint density at radius 2 is 2.12 bits per heavy atom. The van der Waals surface area contributed by atoms with Crippen molar-refractivity contribution >= 4 is 11.9 Å². The highest BCUT2D eigenvalue weighted by Crippen LogP contribution is 2.42. The third-order valence-corrected chi connectivity index (χ3v) is 5.09. The molecule has 1 aliphatic heterocycles. The summed E-state index contributed by atoms with van der Waals surface area (Å²) in [5.74, 6) is 0.254. The lowest BCUT2D eigenvalue weighted by Crippen LogP contribution is -2.43. The van der Waals surface area contributed by atoms with Crippen molar-refractivity contribution in [3.05, 3.63) is 29.8 Å². The van der Waals surface area contributed by atoms with Crippen molar-refractivity contribution in [2.75, 3.05) is 6.54 Å². The van der Waals surface area contributed by atoms with Gasteiger partial charge in [-0.05, 0) is 56.2 Å². The van der Waals surface area contributed by atoms with Gasteiger partial charge < -0.3 is 14.7 Å². The van der Waals surface area contributed by atoms with E-state index in [0.29, 0.717) is 12.5 Å². The summed E-state index contributed by atoms with van der Waals surface area (Å²) in [6, 6.07) is 6.84. The summed E-state index contributed by atoms with van der Waals surface area (Å²) in [6.07, 6.45) is 3.33. The van der Waals surface area contributed by atoms with Crippen LogP contribution in [0.4, 0.5) is 0 Å². The molecule has 3 unspecified atom stereocenters. The minimum absolute atomic E-state index is 0.0744. The van der Waals surface area contributed by atoms with Gasteiger partial charge in [-0.25, -0.2) is 4.79 Å². The van der Waals surface area contributed by atoms with Gasteiger partial charge in [0.1, 0.15) is 11.8 Å². The Kier molecular flexibility index (Phi) is 4.78. The van der Waals surface area contributed by atoms with Crippen molar-refractivity contribution in [1.29, 1.82) is 0 Å². The highest BCUT2D eigenvalue weighted by atomic mass is 16.5. The predicted molar refractivity (Wildman–Crippen MR) is 89.9 cm³/mol. The number of rotatable bonds is 5. The van der Waals surface area contributed by atoms with E-state index in [-0.39, 0.29) is 24.3 Å². The fourth-order valence-corrected chi connectivity index (χ4v) is 4.16. The van der Waals surface area contributed by atoms with Crippen molar-refractivity contribution in [2.24, 2.45) is 11.8 Å². The number of hydrogen-bond acceptors (Lipinski definition) is 3. The fourth-order valence-electron chi connectivity index (χ4n) is 4.16. The van der Waals surface area contributed by atoms with Crippen molar-refractivity contribution in [3.63, 3.8) is 0 Å². The van der Waals surface area contributed by atoms with Gasteiger partial charge in [0.2, 0.25) is 5.91 Å². The Morgan fingerprint density at radius 1 is 1.33 bits per heavy atom. The maximum atomic E-state index is 12.7. The highest BCUT2D eigenvalue weighted by molar-refractivity contribution is 5.86. The molecule has 1 aromatic rings. The van der Waals surface area contributed by atoms with Crippen molar-refractivity contribution in [2.45, 2.75) is 51.7 Å². The Balaban J connectivity index is 1.71. The molecule has 2 fully saturated rings. The number of aliphatic carboxylic acids is 1. The van der Waals surface area contributed by atoms with Crippen LogP contribution in [0.5, 0.6) is 5.75 Å². The van der Waals surface area contributed by atoms with Crippen molar-refractivity contribution in [3.8, 4) is 5.75 Å². The van der Waals surface area contributed by atoms with Gasteiger partial charge in [-0.2, -0.15) is 0 Å². The minimum atomic E-state index is -0.866. The molecule has 5 heteroatoms. The van der Waals surface area contributed by atoms with E-state index < -0.39 is 12.0 Å².